The normalized spacial score (nSPS) is 19.5. The van der Waals surface area contributed by atoms with Gasteiger partial charge in [0.05, 0.1) is 11.4 Å². The van der Waals surface area contributed by atoms with E-state index in [1.54, 1.807) is 18.2 Å². The Morgan fingerprint density at radius 3 is 2.25 bits per heavy atom. The van der Waals surface area contributed by atoms with Crippen molar-refractivity contribution in [2.45, 2.75) is 19.8 Å². The van der Waals surface area contributed by atoms with E-state index < -0.39 is 0 Å². The highest BCUT2D eigenvalue weighted by atomic mass is 16.1. The van der Waals surface area contributed by atoms with E-state index in [-0.39, 0.29) is 11.3 Å². The molecule has 0 spiro atoms. The van der Waals surface area contributed by atoms with Crippen LogP contribution in [-0.2, 0) is 9.59 Å². The average molecular weight is 266 g/mol. The Kier molecular flexibility index (Phi) is 3.90. The number of hydrogen-bond donors (Lipinski definition) is 0. The van der Waals surface area contributed by atoms with Crippen molar-refractivity contribution < 1.29 is 9.59 Å². The van der Waals surface area contributed by atoms with Crippen LogP contribution in [0.25, 0.3) is 0 Å². The zero-order chi connectivity index (χ0) is 14.6. The van der Waals surface area contributed by atoms with E-state index in [4.69, 9.17) is 0 Å². The topological polar surface area (TPSA) is 58.9 Å². The maximum absolute atomic E-state index is 10.3. The lowest BCUT2D eigenvalue weighted by atomic mass is 9.72. The minimum atomic E-state index is -0.167. The number of carbonyl (C=O) groups excluding carboxylic acids is 2. The largest absolute Gasteiger partial charge is 0.240 e. The van der Waals surface area contributed by atoms with E-state index in [0.29, 0.717) is 11.4 Å². The zero-order valence-electron chi connectivity index (χ0n) is 11.3. The minimum Gasteiger partial charge on any atom is -0.211 e. The molecule has 4 nitrogen and oxygen atoms in total. The van der Waals surface area contributed by atoms with Crippen LogP contribution in [0.1, 0.15) is 25.3 Å². The molecule has 0 N–H and O–H groups in total. The standard InChI is InChI=1S/C16H14N2O2/c1-16(2)9-14(18-11-20)7-8-15(16)12-3-5-13(6-4-12)17-10-19/h3-9,15H,1-2H3. The monoisotopic (exact) mass is 266 g/mol. The van der Waals surface area contributed by atoms with Crippen LogP contribution in [0, 0.1) is 5.41 Å². The summed E-state index contributed by atoms with van der Waals surface area (Å²) in [6.07, 6.45) is 8.88. The first-order chi connectivity index (χ1) is 9.56. The number of aliphatic imine (C=N–C) groups is 2. The number of rotatable bonds is 3. The van der Waals surface area contributed by atoms with Crippen LogP contribution in [0.3, 0.4) is 0 Å². The van der Waals surface area contributed by atoms with Gasteiger partial charge >= 0.3 is 0 Å². The first-order valence-corrected chi connectivity index (χ1v) is 6.23. The SMILES string of the molecule is CC1(C)C=C(N=C=O)C=CC1c1ccc(N=C=O)cc1. The van der Waals surface area contributed by atoms with E-state index in [0.717, 1.165) is 5.56 Å². The van der Waals surface area contributed by atoms with Gasteiger partial charge in [-0.15, -0.1) is 0 Å². The molecule has 1 aromatic rings. The van der Waals surface area contributed by atoms with Crippen LogP contribution in [0.5, 0.6) is 0 Å². The molecule has 0 heterocycles. The summed E-state index contributed by atoms with van der Waals surface area (Å²) in [5.41, 5.74) is 2.16. The van der Waals surface area contributed by atoms with Gasteiger partial charge in [-0.05, 0) is 29.2 Å². The van der Waals surface area contributed by atoms with Crippen LogP contribution < -0.4 is 0 Å². The number of benzene rings is 1. The third kappa shape index (κ3) is 2.89. The van der Waals surface area contributed by atoms with Crippen molar-refractivity contribution in [3.05, 3.63) is 53.8 Å². The molecule has 2 rings (SSSR count). The Morgan fingerprint density at radius 2 is 1.70 bits per heavy atom. The third-order valence-corrected chi connectivity index (χ3v) is 3.38. The van der Waals surface area contributed by atoms with Crippen LogP contribution in [0.2, 0.25) is 0 Å². The van der Waals surface area contributed by atoms with Crippen molar-refractivity contribution in [1.82, 2.24) is 0 Å². The molecule has 1 aromatic carbocycles. The highest BCUT2D eigenvalue weighted by Gasteiger charge is 2.29. The van der Waals surface area contributed by atoms with E-state index >= 15 is 0 Å². The highest BCUT2D eigenvalue weighted by Crippen LogP contribution is 2.42. The summed E-state index contributed by atoms with van der Waals surface area (Å²) in [5, 5.41) is 0. The number of hydrogen-bond acceptors (Lipinski definition) is 4. The van der Waals surface area contributed by atoms with Crippen LogP contribution in [-0.4, -0.2) is 12.2 Å². The van der Waals surface area contributed by atoms with Gasteiger partial charge in [0.2, 0.25) is 12.2 Å². The molecule has 1 aliphatic rings. The Morgan fingerprint density at radius 1 is 1.05 bits per heavy atom. The predicted molar refractivity (Wildman–Crippen MR) is 76.1 cm³/mol. The summed E-state index contributed by atoms with van der Waals surface area (Å²) in [5.74, 6) is 0.169. The van der Waals surface area contributed by atoms with Crippen LogP contribution in [0.15, 0.2) is 58.2 Å². The molecule has 0 radical (unpaired) electrons. The molecule has 0 fully saturated rings. The first kappa shape index (κ1) is 13.9. The summed E-state index contributed by atoms with van der Waals surface area (Å²) >= 11 is 0. The number of allylic oxidation sites excluding steroid dienone is 3. The van der Waals surface area contributed by atoms with Crippen molar-refractivity contribution in [2.75, 3.05) is 0 Å². The molecule has 1 atom stereocenters. The molecule has 0 amide bonds. The smallest absolute Gasteiger partial charge is 0.211 e. The van der Waals surface area contributed by atoms with Crippen LogP contribution >= 0.6 is 0 Å². The second kappa shape index (κ2) is 5.62. The highest BCUT2D eigenvalue weighted by molar-refractivity contribution is 5.50. The maximum Gasteiger partial charge on any atom is 0.240 e. The summed E-state index contributed by atoms with van der Waals surface area (Å²) < 4.78 is 0. The zero-order valence-corrected chi connectivity index (χ0v) is 11.3. The van der Waals surface area contributed by atoms with E-state index in [1.165, 1.54) is 6.08 Å². The molecule has 0 bridgehead atoms. The second-order valence-corrected chi connectivity index (χ2v) is 5.23. The number of isocyanates is 2. The molecule has 1 aliphatic carbocycles. The maximum atomic E-state index is 10.3. The summed E-state index contributed by atoms with van der Waals surface area (Å²) in [6.45, 7) is 4.16. The Labute approximate surface area is 117 Å². The van der Waals surface area contributed by atoms with E-state index in [9.17, 15) is 9.59 Å². The van der Waals surface area contributed by atoms with Gasteiger partial charge in [0, 0.05) is 5.92 Å². The molecular formula is C16H14N2O2. The van der Waals surface area contributed by atoms with Crippen molar-refractivity contribution in [2.24, 2.45) is 15.4 Å². The van der Waals surface area contributed by atoms with Gasteiger partial charge < -0.3 is 0 Å². The van der Waals surface area contributed by atoms with Crippen molar-refractivity contribution >= 4 is 17.8 Å². The minimum absolute atomic E-state index is 0.167. The summed E-state index contributed by atoms with van der Waals surface area (Å²) in [7, 11) is 0. The Bertz CT molecular complexity index is 656. The van der Waals surface area contributed by atoms with Gasteiger partial charge in [-0.25, -0.2) is 9.59 Å². The lowest BCUT2D eigenvalue weighted by molar-refractivity contribution is 0.418. The fraction of sp³-hybridized carbons (Fsp3) is 0.250. The molecule has 0 aromatic heterocycles. The van der Waals surface area contributed by atoms with Gasteiger partial charge in [-0.3, -0.25) is 0 Å². The lowest BCUT2D eigenvalue weighted by Gasteiger charge is -2.32. The molecule has 0 saturated carbocycles. The summed E-state index contributed by atoms with van der Waals surface area (Å²) in [4.78, 5) is 27.8. The molecular weight excluding hydrogens is 252 g/mol. The molecule has 0 saturated heterocycles. The van der Waals surface area contributed by atoms with Gasteiger partial charge in [0.15, 0.2) is 0 Å². The Balaban J connectivity index is 2.32. The van der Waals surface area contributed by atoms with Gasteiger partial charge in [-0.1, -0.05) is 38.1 Å². The van der Waals surface area contributed by atoms with Crippen molar-refractivity contribution in [3.8, 4) is 0 Å². The molecule has 100 valence electrons. The predicted octanol–water partition coefficient (Wildman–Crippen LogP) is 3.55. The molecule has 20 heavy (non-hydrogen) atoms. The third-order valence-electron chi connectivity index (χ3n) is 3.38. The lowest BCUT2D eigenvalue weighted by Crippen LogP contribution is -2.21. The van der Waals surface area contributed by atoms with Gasteiger partial charge in [0.1, 0.15) is 0 Å². The molecule has 0 aliphatic heterocycles. The Hall–Kier alpha value is -2.54. The first-order valence-electron chi connectivity index (χ1n) is 6.23. The quantitative estimate of drug-likeness (QED) is 0.620. The fourth-order valence-electron chi connectivity index (χ4n) is 2.43. The number of nitrogens with zero attached hydrogens (tertiary/aromatic N) is 2. The molecule has 4 heteroatoms. The van der Waals surface area contributed by atoms with E-state index in [2.05, 4.69) is 23.8 Å². The van der Waals surface area contributed by atoms with Crippen molar-refractivity contribution in [1.29, 1.82) is 0 Å². The van der Waals surface area contributed by atoms with Gasteiger partial charge in [-0.2, -0.15) is 9.98 Å². The van der Waals surface area contributed by atoms with E-state index in [1.807, 2.05) is 30.4 Å². The average Bonchev–Trinajstić information content (AvgIpc) is 2.40. The summed E-state index contributed by atoms with van der Waals surface area (Å²) in [6, 6.07) is 7.45. The fourth-order valence-corrected chi connectivity index (χ4v) is 2.43. The van der Waals surface area contributed by atoms with Gasteiger partial charge in [0.25, 0.3) is 0 Å². The molecule has 1 unspecified atom stereocenters. The van der Waals surface area contributed by atoms with Crippen LogP contribution in [0.4, 0.5) is 5.69 Å². The van der Waals surface area contributed by atoms with Crippen molar-refractivity contribution in [3.63, 3.8) is 0 Å². The second-order valence-electron chi connectivity index (χ2n) is 5.23.